The van der Waals surface area contributed by atoms with Gasteiger partial charge in [0.15, 0.2) is 11.5 Å². The highest BCUT2D eigenvalue weighted by molar-refractivity contribution is 5.99. The molecule has 0 N–H and O–H groups in total. The Labute approximate surface area is 326 Å². The van der Waals surface area contributed by atoms with E-state index >= 15 is 0 Å². The fourth-order valence-corrected chi connectivity index (χ4v) is 9.10. The lowest BCUT2D eigenvalue weighted by Gasteiger charge is -2.31. The molecule has 0 saturated carbocycles. The van der Waals surface area contributed by atoms with Crippen molar-refractivity contribution in [1.82, 2.24) is 4.98 Å². The van der Waals surface area contributed by atoms with Gasteiger partial charge in [-0.1, -0.05) is 131 Å². The Hall–Kier alpha value is -5.67. The summed E-state index contributed by atoms with van der Waals surface area (Å²) in [6.07, 6.45) is 8.60. The molecule has 0 saturated heterocycles. The molecule has 2 aliphatic rings. The number of rotatable bonds is 12. The Morgan fingerprint density at radius 3 is 1.89 bits per heavy atom. The minimum atomic E-state index is -0.483. The second kappa shape index (κ2) is 14.5. The van der Waals surface area contributed by atoms with Crippen molar-refractivity contribution >= 4 is 10.8 Å². The highest BCUT2D eigenvalue weighted by atomic mass is 16.5. The van der Waals surface area contributed by atoms with Gasteiger partial charge in [0.1, 0.15) is 0 Å². The van der Waals surface area contributed by atoms with Crippen LogP contribution in [0.1, 0.15) is 85.8 Å². The summed E-state index contributed by atoms with van der Waals surface area (Å²) in [5, 5.41) is 2.35. The number of ether oxygens (including phenoxy) is 2. The third kappa shape index (κ3) is 5.84. The summed E-state index contributed by atoms with van der Waals surface area (Å²) in [4.78, 5) is 4.85. The van der Waals surface area contributed by atoms with Crippen LogP contribution >= 0.6 is 0 Å². The molecule has 0 amide bonds. The predicted molar refractivity (Wildman–Crippen MR) is 228 cm³/mol. The molecule has 1 heterocycles. The maximum Gasteiger partial charge on any atom is 0.161 e. The summed E-state index contributed by atoms with van der Waals surface area (Å²) < 4.78 is 13.3. The lowest BCUT2D eigenvalue weighted by molar-refractivity contribution is 0.259. The topological polar surface area (TPSA) is 31.4 Å². The van der Waals surface area contributed by atoms with E-state index in [4.69, 9.17) is 14.5 Å². The molecule has 7 aromatic rings. The summed E-state index contributed by atoms with van der Waals surface area (Å²) in [6, 6.07) is 45.1. The first-order chi connectivity index (χ1) is 27.0. The maximum atomic E-state index is 6.67. The monoisotopic (exact) mass is 719 g/mol. The van der Waals surface area contributed by atoms with Crippen LogP contribution < -0.4 is 9.47 Å². The van der Waals surface area contributed by atoms with Gasteiger partial charge in [-0.15, -0.1) is 0 Å². The average Bonchev–Trinajstić information content (AvgIpc) is 3.66. The van der Waals surface area contributed by atoms with Gasteiger partial charge >= 0.3 is 0 Å². The van der Waals surface area contributed by atoms with E-state index in [0.29, 0.717) is 13.2 Å². The number of hydrogen-bond donors (Lipinski definition) is 0. The van der Waals surface area contributed by atoms with Gasteiger partial charge < -0.3 is 9.47 Å². The fraction of sp³-hybridized carbons (Fsp3) is 0.250. The summed E-state index contributed by atoms with van der Waals surface area (Å²) in [5.41, 5.74) is 17.0. The zero-order chi connectivity index (χ0) is 37.5. The van der Waals surface area contributed by atoms with E-state index < -0.39 is 5.41 Å². The van der Waals surface area contributed by atoms with Gasteiger partial charge in [0.05, 0.1) is 24.3 Å². The van der Waals surface area contributed by atoms with Gasteiger partial charge in [0.25, 0.3) is 0 Å². The van der Waals surface area contributed by atoms with Gasteiger partial charge in [0, 0.05) is 17.1 Å². The maximum absolute atomic E-state index is 6.67. The van der Waals surface area contributed by atoms with Crippen molar-refractivity contribution in [2.45, 2.75) is 71.6 Å². The first kappa shape index (κ1) is 35.1. The van der Waals surface area contributed by atoms with E-state index in [-0.39, 0.29) is 0 Å². The Morgan fingerprint density at radius 1 is 0.491 bits per heavy atom. The van der Waals surface area contributed by atoms with Crippen LogP contribution in [0.25, 0.3) is 55.4 Å². The Morgan fingerprint density at radius 2 is 1.11 bits per heavy atom. The molecule has 0 aliphatic heterocycles. The molecule has 0 bridgehead atoms. The second-order valence-electron chi connectivity index (χ2n) is 15.5. The van der Waals surface area contributed by atoms with E-state index in [9.17, 15) is 0 Å². The number of nitrogens with zero attached hydrogens (tertiary/aromatic N) is 1. The number of aryl methyl sites for hydroxylation is 2. The van der Waals surface area contributed by atoms with E-state index in [1.54, 1.807) is 0 Å². The number of benzene rings is 6. The Kier molecular flexibility index (Phi) is 9.26. The Bertz CT molecular complexity index is 2550. The molecular weight excluding hydrogens is 671 g/mol. The van der Waals surface area contributed by atoms with Crippen molar-refractivity contribution in [3.8, 4) is 56.1 Å². The van der Waals surface area contributed by atoms with Crippen molar-refractivity contribution in [1.29, 1.82) is 0 Å². The zero-order valence-electron chi connectivity index (χ0n) is 32.5. The second-order valence-corrected chi connectivity index (χ2v) is 15.5. The van der Waals surface area contributed by atoms with Crippen molar-refractivity contribution in [3.63, 3.8) is 0 Å². The molecule has 274 valence electrons. The van der Waals surface area contributed by atoms with E-state index in [2.05, 4.69) is 149 Å². The molecule has 3 nitrogen and oxygen atoms in total. The lowest BCUT2D eigenvalue weighted by atomic mass is 9.70. The fourth-order valence-electron chi connectivity index (χ4n) is 9.10. The van der Waals surface area contributed by atoms with Gasteiger partial charge in [-0.05, 0) is 129 Å². The summed E-state index contributed by atoms with van der Waals surface area (Å²) in [6.45, 7) is 10.3. The molecule has 1 unspecified atom stereocenters. The predicted octanol–water partition coefficient (Wildman–Crippen LogP) is 13.7. The summed E-state index contributed by atoms with van der Waals surface area (Å²) >= 11 is 0. The van der Waals surface area contributed by atoms with Crippen molar-refractivity contribution in [3.05, 3.63) is 161 Å². The van der Waals surface area contributed by atoms with Crippen LogP contribution in [0, 0.1) is 13.8 Å². The molecule has 2 aliphatic carbocycles. The number of hydrogen-bond acceptors (Lipinski definition) is 3. The van der Waals surface area contributed by atoms with Crippen LogP contribution in [0.15, 0.2) is 128 Å². The number of fused-ring (bicyclic) bond motifs is 11. The number of aromatic nitrogens is 1. The minimum Gasteiger partial charge on any atom is -0.490 e. The Balaban J connectivity index is 1.24. The minimum absolute atomic E-state index is 0.483. The largest absolute Gasteiger partial charge is 0.490 e. The van der Waals surface area contributed by atoms with Crippen molar-refractivity contribution < 1.29 is 9.47 Å². The van der Waals surface area contributed by atoms with Crippen LogP contribution in [0.2, 0.25) is 0 Å². The summed E-state index contributed by atoms with van der Waals surface area (Å²) in [5.74, 6) is 1.71. The molecular formula is C52H49NO2. The standard InChI is InChI=1S/C52H49NO2/c1-5-7-14-26-54-49-32-44-42-28-34(3)35(4)29-47(42)52(48(44)33-50(49)55-27-15-8-6-2)45-19-13-12-18-40(45)43-31-39(22-23-46(43)52)38-21-20-36-24-25-53-51(41(36)30-38)37-16-10-9-11-17-37/h9-13,16-25,28-33H,5-8,14-15,26-27H2,1-4H3. The van der Waals surface area contributed by atoms with E-state index in [1.807, 2.05) is 6.20 Å². The molecule has 6 aromatic carbocycles. The normalized spacial score (nSPS) is 14.8. The first-order valence-electron chi connectivity index (χ1n) is 20.3. The van der Waals surface area contributed by atoms with Crippen molar-refractivity contribution in [2.24, 2.45) is 0 Å². The number of unbranched alkanes of at least 4 members (excludes halogenated alkanes) is 4. The van der Waals surface area contributed by atoms with Crippen molar-refractivity contribution in [2.75, 3.05) is 13.2 Å². The molecule has 0 radical (unpaired) electrons. The molecule has 0 fully saturated rings. The third-order valence-electron chi connectivity index (χ3n) is 12.0. The van der Waals surface area contributed by atoms with E-state index in [1.165, 1.54) is 72.1 Å². The van der Waals surface area contributed by atoms with Crippen LogP contribution in [0.5, 0.6) is 11.5 Å². The number of pyridine rings is 1. The summed E-state index contributed by atoms with van der Waals surface area (Å²) in [7, 11) is 0. The van der Waals surface area contributed by atoms with Crippen LogP contribution in [-0.4, -0.2) is 18.2 Å². The zero-order valence-corrected chi connectivity index (χ0v) is 32.5. The lowest BCUT2D eigenvalue weighted by Crippen LogP contribution is -2.26. The average molecular weight is 720 g/mol. The van der Waals surface area contributed by atoms with Gasteiger partial charge in [-0.3, -0.25) is 4.98 Å². The van der Waals surface area contributed by atoms with Gasteiger partial charge in [-0.25, -0.2) is 0 Å². The van der Waals surface area contributed by atoms with Gasteiger partial charge in [0.2, 0.25) is 0 Å². The molecule has 55 heavy (non-hydrogen) atoms. The molecule has 1 spiro atoms. The smallest absolute Gasteiger partial charge is 0.161 e. The highest BCUT2D eigenvalue weighted by Crippen LogP contribution is 2.64. The quantitative estimate of drug-likeness (QED) is 0.118. The molecule has 3 heteroatoms. The van der Waals surface area contributed by atoms with Crippen LogP contribution in [-0.2, 0) is 5.41 Å². The van der Waals surface area contributed by atoms with E-state index in [0.717, 1.165) is 66.7 Å². The molecule has 9 rings (SSSR count). The first-order valence-corrected chi connectivity index (χ1v) is 20.3. The molecule has 1 aromatic heterocycles. The third-order valence-corrected chi connectivity index (χ3v) is 12.0. The molecule has 1 atom stereocenters. The van der Waals surface area contributed by atoms with Crippen LogP contribution in [0.4, 0.5) is 0 Å². The van der Waals surface area contributed by atoms with Crippen LogP contribution in [0.3, 0.4) is 0 Å². The van der Waals surface area contributed by atoms with Gasteiger partial charge in [-0.2, -0.15) is 0 Å². The SMILES string of the molecule is CCCCCOc1cc2c(cc1OCCCCC)C1(c3ccccc3-c3cc(-c4ccc5ccnc(-c6ccccc6)c5c4)ccc31)c1cc(C)c(C)cc1-2. The highest BCUT2D eigenvalue weighted by Gasteiger charge is 2.52.